The number of nitrogens with zero attached hydrogens (tertiary/aromatic N) is 4. The molecular formula is C19H16N4O3S. The van der Waals surface area contributed by atoms with E-state index in [9.17, 15) is 4.79 Å². The number of aromatic nitrogens is 4. The van der Waals surface area contributed by atoms with Gasteiger partial charge in [-0.25, -0.2) is 4.79 Å². The van der Waals surface area contributed by atoms with Gasteiger partial charge in [0.2, 0.25) is 0 Å². The molecule has 27 heavy (non-hydrogen) atoms. The molecular weight excluding hydrogens is 364 g/mol. The van der Waals surface area contributed by atoms with Crippen LogP contribution in [0.1, 0.15) is 27.6 Å². The van der Waals surface area contributed by atoms with Crippen LogP contribution >= 0.6 is 11.3 Å². The smallest absolute Gasteiger partial charge is 0.342 e. The lowest BCUT2D eigenvalue weighted by Crippen LogP contribution is -2.06. The van der Waals surface area contributed by atoms with E-state index in [2.05, 4.69) is 15.2 Å². The number of carbonyl (C=O) groups excluding carboxylic acids is 1. The molecule has 0 radical (unpaired) electrons. The molecule has 0 fully saturated rings. The highest BCUT2D eigenvalue weighted by molar-refractivity contribution is 7.13. The van der Waals surface area contributed by atoms with Crippen LogP contribution < -0.4 is 0 Å². The summed E-state index contributed by atoms with van der Waals surface area (Å²) < 4.78 is 12.1. The highest BCUT2D eigenvalue weighted by Crippen LogP contribution is 2.27. The molecule has 1 aromatic carbocycles. The van der Waals surface area contributed by atoms with E-state index in [-0.39, 0.29) is 12.5 Å². The minimum atomic E-state index is -0.478. The maximum absolute atomic E-state index is 12.6. The zero-order valence-electron chi connectivity index (χ0n) is 14.5. The van der Waals surface area contributed by atoms with E-state index in [1.165, 1.54) is 11.3 Å². The molecule has 3 heterocycles. The summed E-state index contributed by atoms with van der Waals surface area (Å²) in [6.45, 7) is 2.19. The van der Waals surface area contributed by atoms with Gasteiger partial charge in [-0.2, -0.15) is 10.1 Å². The summed E-state index contributed by atoms with van der Waals surface area (Å²) in [5, 5.41) is 10.2. The molecule has 0 aliphatic carbocycles. The molecule has 3 aromatic heterocycles. The minimum absolute atomic E-state index is 0.0760. The van der Waals surface area contributed by atoms with Gasteiger partial charge in [0, 0.05) is 6.20 Å². The lowest BCUT2D eigenvalue weighted by Gasteiger charge is -2.01. The summed E-state index contributed by atoms with van der Waals surface area (Å²) in [6, 6.07) is 13.8. The average Bonchev–Trinajstić information content (AvgIpc) is 3.41. The molecule has 136 valence electrons. The average molecular weight is 380 g/mol. The van der Waals surface area contributed by atoms with E-state index in [0.29, 0.717) is 23.6 Å². The predicted molar refractivity (Wildman–Crippen MR) is 99.2 cm³/mol. The maximum atomic E-state index is 12.6. The third kappa shape index (κ3) is 3.95. The zero-order chi connectivity index (χ0) is 18.6. The third-order valence-corrected chi connectivity index (χ3v) is 4.70. The molecule has 0 aliphatic rings. The number of rotatable bonds is 6. The Labute approximate surface area is 159 Å². The van der Waals surface area contributed by atoms with Crippen molar-refractivity contribution < 1.29 is 14.1 Å². The highest BCUT2D eigenvalue weighted by atomic mass is 32.1. The molecule has 0 unspecified atom stereocenters. The van der Waals surface area contributed by atoms with Gasteiger partial charge in [0.05, 0.1) is 11.4 Å². The first kappa shape index (κ1) is 17.2. The van der Waals surface area contributed by atoms with Gasteiger partial charge in [0.15, 0.2) is 12.4 Å². The summed E-state index contributed by atoms with van der Waals surface area (Å²) in [6.07, 6.45) is 1.71. The predicted octanol–water partition coefficient (Wildman–Crippen LogP) is 3.71. The monoisotopic (exact) mass is 380 g/mol. The summed E-state index contributed by atoms with van der Waals surface area (Å²) in [5.41, 5.74) is 2.11. The molecule has 7 nitrogen and oxygen atoms in total. The zero-order valence-corrected chi connectivity index (χ0v) is 15.3. The number of ether oxygens (including phenoxy) is 1. The SMILES string of the molecule is Cc1noc(COC(=O)c2cn(Cc3ccccc3)nc2-c2cccs2)n1. The summed E-state index contributed by atoms with van der Waals surface area (Å²) in [4.78, 5) is 17.6. The van der Waals surface area contributed by atoms with E-state index in [4.69, 9.17) is 9.26 Å². The quantitative estimate of drug-likeness (QED) is 0.474. The van der Waals surface area contributed by atoms with Crippen LogP contribution in [0.25, 0.3) is 10.6 Å². The first-order valence-electron chi connectivity index (χ1n) is 8.30. The summed E-state index contributed by atoms with van der Waals surface area (Å²) in [7, 11) is 0. The van der Waals surface area contributed by atoms with Crippen LogP contribution in [0.15, 0.2) is 58.6 Å². The normalized spacial score (nSPS) is 10.9. The van der Waals surface area contributed by atoms with E-state index >= 15 is 0 Å². The number of esters is 1. The number of carbonyl (C=O) groups is 1. The Hall–Kier alpha value is -3.26. The third-order valence-electron chi connectivity index (χ3n) is 3.82. The van der Waals surface area contributed by atoms with Crippen molar-refractivity contribution >= 4 is 17.3 Å². The largest absolute Gasteiger partial charge is 0.452 e. The van der Waals surface area contributed by atoms with Gasteiger partial charge in [0.1, 0.15) is 11.3 Å². The topological polar surface area (TPSA) is 83.0 Å². The van der Waals surface area contributed by atoms with Crippen LogP contribution in [0.2, 0.25) is 0 Å². The van der Waals surface area contributed by atoms with E-state index in [1.54, 1.807) is 17.8 Å². The standard InChI is InChI=1S/C19H16N4O3S/c1-13-20-17(26-22-13)12-25-19(24)15-11-23(10-14-6-3-2-4-7-14)21-18(15)16-8-5-9-27-16/h2-9,11H,10,12H2,1H3. The Morgan fingerprint density at radius 3 is 2.78 bits per heavy atom. The highest BCUT2D eigenvalue weighted by Gasteiger charge is 2.21. The van der Waals surface area contributed by atoms with Crippen LogP contribution in [0.3, 0.4) is 0 Å². The van der Waals surface area contributed by atoms with Crippen molar-refractivity contribution in [3.05, 3.63) is 76.9 Å². The summed E-state index contributed by atoms with van der Waals surface area (Å²) in [5.74, 6) is 0.278. The fraction of sp³-hybridized carbons (Fsp3) is 0.158. The van der Waals surface area contributed by atoms with Gasteiger partial charge >= 0.3 is 5.97 Å². The van der Waals surface area contributed by atoms with Crippen LogP contribution in [-0.2, 0) is 17.9 Å². The molecule has 0 atom stereocenters. The van der Waals surface area contributed by atoms with Gasteiger partial charge in [-0.15, -0.1) is 11.3 Å². The molecule has 0 aliphatic heterocycles. The number of hydrogen-bond donors (Lipinski definition) is 0. The Kier molecular flexibility index (Phi) is 4.80. The first-order chi connectivity index (χ1) is 13.2. The molecule has 8 heteroatoms. The second-order valence-corrected chi connectivity index (χ2v) is 6.81. The van der Waals surface area contributed by atoms with Crippen LogP contribution in [-0.4, -0.2) is 25.9 Å². The van der Waals surface area contributed by atoms with Crippen molar-refractivity contribution in [2.24, 2.45) is 0 Å². The molecule has 0 N–H and O–H groups in total. The van der Waals surface area contributed by atoms with E-state index in [0.717, 1.165) is 10.4 Å². The van der Waals surface area contributed by atoms with Gasteiger partial charge in [-0.1, -0.05) is 41.6 Å². The Morgan fingerprint density at radius 2 is 2.07 bits per heavy atom. The van der Waals surface area contributed by atoms with Crippen molar-refractivity contribution in [3.8, 4) is 10.6 Å². The van der Waals surface area contributed by atoms with Gasteiger partial charge in [-0.3, -0.25) is 4.68 Å². The number of aryl methyl sites for hydroxylation is 1. The first-order valence-corrected chi connectivity index (χ1v) is 9.18. The van der Waals surface area contributed by atoms with Crippen LogP contribution in [0.4, 0.5) is 0 Å². The van der Waals surface area contributed by atoms with Crippen molar-refractivity contribution in [1.29, 1.82) is 0 Å². The van der Waals surface area contributed by atoms with Crippen molar-refractivity contribution in [1.82, 2.24) is 19.9 Å². The Balaban J connectivity index is 1.58. The molecule has 0 saturated heterocycles. The second kappa shape index (κ2) is 7.55. The minimum Gasteiger partial charge on any atom is -0.452 e. The summed E-state index contributed by atoms with van der Waals surface area (Å²) >= 11 is 1.52. The fourth-order valence-electron chi connectivity index (χ4n) is 2.62. The van der Waals surface area contributed by atoms with E-state index < -0.39 is 5.97 Å². The number of hydrogen-bond acceptors (Lipinski definition) is 7. The fourth-order valence-corrected chi connectivity index (χ4v) is 3.34. The van der Waals surface area contributed by atoms with Crippen LogP contribution in [0.5, 0.6) is 0 Å². The molecule has 0 amide bonds. The number of benzene rings is 1. The second-order valence-electron chi connectivity index (χ2n) is 5.86. The number of thiophene rings is 1. The van der Waals surface area contributed by atoms with Crippen LogP contribution in [0, 0.1) is 6.92 Å². The molecule has 0 saturated carbocycles. The lowest BCUT2D eigenvalue weighted by atomic mass is 10.2. The van der Waals surface area contributed by atoms with Gasteiger partial charge in [-0.05, 0) is 23.9 Å². The lowest BCUT2D eigenvalue weighted by molar-refractivity contribution is 0.0430. The maximum Gasteiger partial charge on any atom is 0.342 e. The Bertz CT molecular complexity index is 1040. The van der Waals surface area contributed by atoms with Crippen molar-refractivity contribution in [3.63, 3.8) is 0 Å². The Morgan fingerprint density at radius 1 is 1.22 bits per heavy atom. The van der Waals surface area contributed by atoms with Crippen molar-refractivity contribution in [2.75, 3.05) is 0 Å². The molecule has 4 aromatic rings. The molecule has 4 rings (SSSR count). The van der Waals surface area contributed by atoms with E-state index in [1.807, 2.05) is 47.8 Å². The molecule has 0 spiro atoms. The van der Waals surface area contributed by atoms with Gasteiger partial charge in [0.25, 0.3) is 5.89 Å². The molecule has 0 bridgehead atoms. The van der Waals surface area contributed by atoms with Crippen molar-refractivity contribution in [2.45, 2.75) is 20.1 Å². The van der Waals surface area contributed by atoms with Gasteiger partial charge < -0.3 is 9.26 Å².